The van der Waals surface area contributed by atoms with Crippen molar-refractivity contribution in [2.24, 2.45) is 0 Å². The van der Waals surface area contributed by atoms with Crippen LogP contribution in [0.2, 0.25) is 0 Å². The van der Waals surface area contributed by atoms with Gasteiger partial charge in [0.05, 0.1) is 0 Å². The first-order valence-electron chi connectivity index (χ1n) is 5.78. The Balaban J connectivity index is 3.52. The Morgan fingerprint density at radius 2 is 1.86 bits per heavy atom. The lowest BCUT2D eigenvalue weighted by Crippen LogP contribution is -2.34. The molecule has 0 radical (unpaired) electrons. The molecule has 0 unspecified atom stereocenters. The SMILES string of the molecule is CCNCCCN(CCCO)C(C)C. The van der Waals surface area contributed by atoms with Crippen LogP contribution in [0, 0.1) is 0 Å². The van der Waals surface area contributed by atoms with Crippen LogP contribution < -0.4 is 5.32 Å². The molecule has 14 heavy (non-hydrogen) atoms. The Labute approximate surface area is 88.5 Å². The first kappa shape index (κ1) is 13.9. The number of hydrogen-bond donors (Lipinski definition) is 2. The van der Waals surface area contributed by atoms with Gasteiger partial charge in [-0.25, -0.2) is 0 Å². The molecule has 0 aromatic heterocycles. The molecule has 0 spiro atoms. The lowest BCUT2D eigenvalue weighted by Gasteiger charge is -2.26. The third kappa shape index (κ3) is 7.30. The van der Waals surface area contributed by atoms with Crippen molar-refractivity contribution in [3.05, 3.63) is 0 Å². The third-order valence-corrected chi connectivity index (χ3v) is 2.38. The normalized spacial score (nSPS) is 11.6. The van der Waals surface area contributed by atoms with Crippen LogP contribution >= 0.6 is 0 Å². The van der Waals surface area contributed by atoms with E-state index >= 15 is 0 Å². The van der Waals surface area contributed by atoms with E-state index in [0.717, 1.165) is 32.6 Å². The average Bonchev–Trinajstić information content (AvgIpc) is 2.16. The number of nitrogens with zero attached hydrogens (tertiary/aromatic N) is 1. The summed E-state index contributed by atoms with van der Waals surface area (Å²) < 4.78 is 0. The Hall–Kier alpha value is -0.120. The Kier molecular flexibility index (Phi) is 9.35. The summed E-state index contributed by atoms with van der Waals surface area (Å²) in [6.45, 7) is 11.2. The van der Waals surface area contributed by atoms with Crippen LogP contribution in [0.25, 0.3) is 0 Å². The molecule has 0 fully saturated rings. The molecule has 3 nitrogen and oxygen atoms in total. The minimum absolute atomic E-state index is 0.302. The fourth-order valence-corrected chi connectivity index (χ4v) is 1.49. The van der Waals surface area contributed by atoms with E-state index in [1.807, 2.05) is 0 Å². The molecular weight excluding hydrogens is 176 g/mol. The molecule has 0 bridgehead atoms. The van der Waals surface area contributed by atoms with Gasteiger partial charge in [-0.05, 0) is 46.3 Å². The summed E-state index contributed by atoms with van der Waals surface area (Å²) in [4.78, 5) is 2.42. The summed E-state index contributed by atoms with van der Waals surface area (Å²) in [5, 5.41) is 12.1. The topological polar surface area (TPSA) is 35.5 Å². The molecule has 86 valence electrons. The van der Waals surface area contributed by atoms with Crippen LogP contribution in [0.3, 0.4) is 0 Å². The predicted octanol–water partition coefficient (Wildman–Crippen LogP) is 1.08. The molecule has 0 aromatic carbocycles. The fraction of sp³-hybridized carbons (Fsp3) is 1.00. The molecule has 0 aliphatic heterocycles. The van der Waals surface area contributed by atoms with Crippen LogP contribution in [0.15, 0.2) is 0 Å². The van der Waals surface area contributed by atoms with Crippen molar-refractivity contribution >= 4 is 0 Å². The summed E-state index contributed by atoms with van der Waals surface area (Å²) in [6.07, 6.45) is 2.08. The second-order valence-electron chi connectivity index (χ2n) is 3.91. The maximum absolute atomic E-state index is 8.77. The number of nitrogens with one attached hydrogen (secondary N) is 1. The van der Waals surface area contributed by atoms with E-state index in [0.29, 0.717) is 12.6 Å². The van der Waals surface area contributed by atoms with Gasteiger partial charge in [0.1, 0.15) is 0 Å². The maximum atomic E-state index is 8.77. The van der Waals surface area contributed by atoms with Crippen molar-refractivity contribution in [3.63, 3.8) is 0 Å². The quantitative estimate of drug-likeness (QED) is 0.549. The van der Waals surface area contributed by atoms with E-state index < -0.39 is 0 Å². The molecule has 0 aliphatic rings. The Bertz CT molecular complexity index is 118. The van der Waals surface area contributed by atoms with Gasteiger partial charge < -0.3 is 15.3 Å². The van der Waals surface area contributed by atoms with Gasteiger partial charge in [0.2, 0.25) is 0 Å². The molecule has 0 aromatic rings. The summed E-state index contributed by atoms with van der Waals surface area (Å²) in [6, 6.07) is 0.586. The zero-order valence-electron chi connectivity index (χ0n) is 9.92. The van der Waals surface area contributed by atoms with Gasteiger partial charge in [0, 0.05) is 19.2 Å². The molecule has 0 saturated heterocycles. The standard InChI is InChI=1S/C11H26N2O/c1-4-12-7-5-8-13(11(2)3)9-6-10-14/h11-12,14H,4-10H2,1-3H3. The average molecular weight is 202 g/mol. The number of hydrogen-bond acceptors (Lipinski definition) is 3. The van der Waals surface area contributed by atoms with Crippen LogP contribution in [0.5, 0.6) is 0 Å². The van der Waals surface area contributed by atoms with E-state index in [1.54, 1.807) is 0 Å². The Morgan fingerprint density at radius 3 is 2.36 bits per heavy atom. The second kappa shape index (κ2) is 9.44. The largest absolute Gasteiger partial charge is 0.396 e. The van der Waals surface area contributed by atoms with E-state index in [2.05, 4.69) is 31.0 Å². The molecule has 0 aliphatic carbocycles. The lowest BCUT2D eigenvalue weighted by atomic mass is 10.2. The first-order valence-corrected chi connectivity index (χ1v) is 5.78. The van der Waals surface area contributed by atoms with Gasteiger partial charge in [-0.3, -0.25) is 0 Å². The van der Waals surface area contributed by atoms with Crippen molar-refractivity contribution in [3.8, 4) is 0 Å². The second-order valence-corrected chi connectivity index (χ2v) is 3.91. The molecule has 0 amide bonds. The monoisotopic (exact) mass is 202 g/mol. The van der Waals surface area contributed by atoms with Gasteiger partial charge in [-0.1, -0.05) is 6.92 Å². The van der Waals surface area contributed by atoms with E-state index in [-0.39, 0.29) is 0 Å². The highest BCUT2D eigenvalue weighted by molar-refractivity contribution is 4.63. The minimum Gasteiger partial charge on any atom is -0.396 e. The van der Waals surface area contributed by atoms with Gasteiger partial charge >= 0.3 is 0 Å². The molecule has 3 heteroatoms. The summed E-state index contributed by atoms with van der Waals surface area (Å²) in [5.41, 5.74) is 0. The number of aliphatic hydroxyl groups excluding tert-OH is 1. The predicted molar refractivity (Wildman–Crippen MR) is 61.6 cm³/mol. The van der Waals surface area contributed by atoms with Gasteiger partial charge in [0.15, 0.2) is 0 Å². The van der Waals surface area contributed by atoms with Crippen molar-refractivity contribution in [2.45, 2.75) is 39.7 Å². The molecule has 0 heterocycles. The highest BCUT2D eigenvalue weighted by atomic mass is 16.3. The van der Waals surface area contributed by atoms with Crippen molar-refractivity contribution in [2.75, 3.05) is 32.8 Å². The first-order chi connectivity index (χ1) is 6.72. The van der Waals surface area contributed by atoms with Gasteiger partial charge in [-0.2, -0.15) is 0 Å². The van der Waals surface area contributed by atoms with E-state index in [4.69, 9.17) is 5.11 Å². The van der Waals surface area contributed by atoms with Gasteiger partial charge in [-0.15, -0.1) is 0 Å². The fourth-order valence-electron chi connectivity index (χ4n) is 1.49. The summed E-state index contributed by atoms with van der Waals surface area (Å²) >= 11 is 0. The summed E-state index contributed by atoms with van der Waals surface area (Å²) in [7, 11) is 0. The number of rotatable bonds is 9. The highest BCUT2D eigenvalue weighted by Gasteiger charge is 2.07. The maximum Gasteiger partial charge on any atom is 0.0443 e. The number of aliphatic hydroxyl groups is 1. The van der Waals surface area contributed by atoms with Crippen molar-refractivity contribution < 1.29 is 5.11 Å². The van der Waals surface area contributed by atoms with Crippen LogP contribution in [-0.2, 0) is 0 Å². The zero-order valence-corrected chi connectivity index (χ0v) is 9.92. The zero-order chi connectivity index (χ0) is 10.8. The van der Waals surface area contributed by atoms with E-state index in [9.17, 15) is 0 Å². The van der Waals surface area contributed by atoms with Crippen molar-refractivity contribution in [1.29, 1.82) is 0 Å². The summed E-state index contributed by atoms with van der Waals surface area (Å²) in [5.74, 6) is 0. The van der Waals surface area contributed by atoms with Crippen LogP contribution in [-0.4, -0.2) is 48.8 Å². The smallest absolute Gasteiger partial charge is 0.0443 e. The van der Waals surface area contributed by atoms with Crippen LogP contribution in [0.4, 0.5) is 0 Å². The Morgan fingerprint density at radius 1 is 1.21 bits per heavy atom. The molecule has 2 N–H and O–H groups in total. The molecular formula is C11H26N2O. The van der Waals surface area contributed by atoms with Crippen molar-refractivity contribution in [1.82, 2.24) is 10.2 Å². The minimum atomic E-state index is 0.302. The molecule has 0 rings (SSSR count). The highest BCUT2D eigenvalue weighted by Crippen LogP contribution is 2.00. The molecule has 0 atom stereocenters. The third-order valence-electron chi connectivity index (χ3n) is 2.38. The lowest BCUT2D eigenvalue weighted by molar-refractivity contribution is 0.190. The van der Waals surface area contributed by atoms with E-state index in [1.165, 1.54) is 6.42 Å². The van der Waals surface area contributed by atoms with Crippen LogP contribution in [0.1, 0.15) is 33.6 Å². The van der Waals surface area contributed by atoms with Gasteiger partial charge in [0.25, 0.3) is 0 Å². The molecule has 0 saturated carbocycles.